The van der Waals surface area contributed by atoms with Gasteiger partial charge in [-0.2, -0.15) is 5.26 Å². The third kappa shape index (κ3) is 3.72. The molecule has 60 valence electrons. The fourth-order valence-electron chi connectivity index (χ4n) is 0.909. The predicted molar refractivity (Wildman–Crippen MR) is 54.8 cm³/mol. The fourth-order valence-corrected chi connectivity index (χ4v) is 1.29. The number of nitrogens with zero attached hydrogens (tertiary/aromatic N) is 1. The summed E-state index contributed by atoms with van der Waals surface area (Å²) in [5.74, 6) is -0.420. The molecule has 0 radical (unpaired) electrons. The van der Waals surface area contributed by atoms with E-state index >= 15 is 0 Å². The van der Waals surface area contributed by atoms with Gasteiger partial charge >= 0.3 is 29.6 Å². The van der Waals surface area contributed by atoms with Crippen molar-refractivity contribution in [2.75, 3.05) is 0 Å². The van der Waals surface area contributed by atoms with Gasteiger partial charge in [-0.1, -0.05) is 30.3 Å². The average molecular weight is 215 g/mol. The van der Waals surface area contributed by atoms with Crippen LogP contribution in [0, 0.1) is 11.3 Å². The molecule has 0 aliphatic rings. The SMILES string of the molecule is N#CC(C(=S)[S-])c1ccccc1.[Na+]. The monoisotopic (exact) mass is 215 g/mol. The van der Waals surface area contributed by atoms with E-state index in [2.05, 4.69) is 6.07 Å². The topological polar surface area (TPSA) is 23.8 Å². The Bertz CT molecular complexity index is 318. The van der Waals surface area contributed by atoms with Gasteiger partial charge in [-0.15, -0.1) is 4.20 Å². The second kappa shape index (κ2) is 6.47. The van der Waals surface area contributed by atoms with E-state index in [9.17, 15) is 0 Å². The molecule has 0 aliphatic carbocycles. The van der Waals surface area contributed by atoms with Crippen LogP contribution in [-0.4, -0.2) is 4.20 Å². The molecule has 4 heteroatoms. The van der Waals surface area contributed by atoms with Crippen LogP contribution in [0.1, 0.15) is 11.5 Å². The number of hydrogen-bond acceptors (Lipinski definition) is 3. The Morgan fingerprint density at radius 1 is 1.38 bits per heavy atom. The van der Waals surface area contributed by atoms with E-state index in [1.54, 1.807) is 0 Å². The molecular formula is C9H6NNaS2. The van der Waals surface area contributed by atoms with Crippen molar-refractivity contribution in [2.45, 2.75) is 5.92 Å². The van der Waals surface area contributed by atoms with Gasteiger partial charge in [0.15, 0.2) is 0 Å². The maximum atomic E-state index is 8.75. The smallest absolute Gasteiger partial charge is 0.431 e. The third-order valence-electron chi connectivity index (χ3n) is 1.50. The second-order valence-corrected chi connectivity index (χ2v) is 3.43. The molecule has 0 fully saturated rings. The zero-order valence-corrected chi connectivity index (χ0v) is 10.9. The van der Waals surface area contributed by atoms with Gasteiger partial charge in [0, 0.05) is 0 Å². The van der Waals surface area contributed by atoms with E-state index in [0.29, 0.717) is 4.20 Å². The Morgan fingerprint density at radius 3 is 2.31 bits per heavy atom. The quantitative estimate of drug-likeness (QED) is 0.366. The standard InChI is InChI=1S/C9H7NS2.Na/c10-6-8(9(11)12)7-4-2-1-3-5-7;/h1-5,8H,(H,11,12);/q;+1/p-1. The average Bonchev–Trinajstić information content (AvgIpc) is 2.07. The fraction of sp³-hybridized carbons (Fsp3) is 0.111. The summed E-state index contributed by atoms with van der Waals surface area (Å²) in [6.07, 6.45) is 0. The van der Waals surface area contributed by atoms with Crippen LogP contribution >= 0.6 is 12.2 Å². The number of hydrogen-bond donors (Lipinski definition) is 0. The van der Waals surface area contributed by atoms with Gasteiger partial charge in [0.1, 0.15) is 0 Å². The van der Waals surface area contributed by atoms with Crippen LogP contribution in [0.2, 0.25) is 0 Å². The van der Waals surface area contributed by atoms with Crippen molar-refractivity contribution in [2.24, 2.45) is 0 Å². The van der Waals surface area contributed by atoms with Gasteiger partial charge in [0.2, 0.25) is 0 Å². The van der Waals surface area contributed by atoms with Crippen LogP contribution in [0.5, 0.6) is 0 Å². The Labute approximate surface area is 111 Å². The number of benzene rings is 1. The van der Waals surface area contributed by atoms with Crippen LogP contribution < -0.4 is 29.6 Å². The van der Waals surface area contributed by atoms with Gasteiger partial charge in [0.25, 0.3) is 0 Å². The van der Waals surface area contributed by atoms with Gasteiger partial charge in [-0.05, 0) is 5.56 Å². The molecule has 13 heavy (non-hydrogen) atoms. The molecule has 0 saturated heterocycles. The number of rotatable bonds is 2. The Morgan fingerprint density at radius 2 is 1.92 bits per heavy atom. The summed E-state index contributed by atoms with van der Waals surface area (Å²) in [5, 5.41) is 8.75. The molecule has 0 heterocycles. The third-order valence-corrected chi connectivity index (χ3v) is 1.97. The molecule has 1 atom stereocenters. The molecule has 0 bridgehead atoms. The van der Waals surface area contributed by atoms with Crippen molar-refractivity contribution in [3.05, 3.63) is 35.9 Å². The summed E-state index contributed by atoms with van der Waals surface area (Å²) in [7, 11) is 0. The van der Waals surface area contributed by atoms with Crippen molar-refractivity contribution in [1.82, 2.24) is 0 Å². The number of nitriles is 1. The summed E-state index contributed by atoms with van der Waals surface area (Å²) in [6.45, 7) is 0. The molecule has 1 nitrogen and oxygen atoms in total. The molecule has 0 saturated carbocycles. The van der Waals surface area contributed by atoms with E-state index in [-0.39, 0.29) is 29.6 Å². The molecule has 0 aromatic heterocycles. The zero-order valence-electron chi connectivity index (χ0n) is 7.23. The normalized spacial score (nSPS) is 10.7. The maximum Gasteiger partial charge on any atom is 1.00 e. The minimum Gasteiger partial charge on any atom is -0.431 e. The molecule has 0 spiro atoms. The van der Waals surface area contributed by atoms with Crippen LogP contribution in [0.15, 0.2) is 30.3 Å². The first-order chi connectivity index (χ1) is 5.75. The molecule has 1 unspecified atom stereocenters. The molecule has 0 aliphatic heterocycles. The van der Waals surface area contributed by atoms with Crippen LogP contribution in [0.25, 0.3) is 0 Å². The van der Waals surface area contributed by atoms with E-state index < -0.39 is 5.92 Å². The first-order valence-corrected chi connectivity index (χ1v) is 4.23. The zero-order chi connectivity index (χ0) is 8.97. The molecular weight excluding hydrogens is 209 g/mol. The van der Waals surface area contributed by atoms with E-state index in [0.717, 1.165) is 5.56 Å². The van der Waals surface area contributed by atoms with Crippen LogP contribution in [0.3, 0.4) is 0 Å². The van der Waals surface area contributed by atoms with Gasteiger partial charge in [-0.25, -0.2) is 0 Å². The van der Waals surface area contributed by atoms with E-state index in [4.69, 9.17) is 30.1 Å². The molecule has 0 amide bonds. The first kappa shape index (κ1) is 13.0. The van der Waals surface area contributed by atoms with Crippen molar-refractivity contribution in [1.29, 1.82) is 5.26 Å². The summed E-state index contributed by atoms with van der Waals surface area (Å²) in [5.41, 5.74) is 0.875. The van der Waals surface area contributed by atoms with Crippen molar-refractivity contribution in [3.8, 4) is 6.07 Å². The summed E-state index contributed by atoms with van der Waals surface area (Å²) < 4.78 is 0.309. The minimum atomic E-state index is -0.420. The maximum absolute atomic E-state index is 8.75. The van der Waals surface area contributed by atoms with Crippen molar-refractivity contribution in [3.63, 3.8) is 0 Å². The number of thiocarbonyl (C=S) groups is 1. The Hall–Kier alpha value is 0.0200. The first-order valence-electron chi connectivity index (χ1n) is 3.41. The Balaban J connectivity index is 0.00000144. The van der Waals surface area contributed by atoms with E-state index in [1.165, 1.54) is 0 Å². The predicted octanol–water partition coefficient (Wildman–Crippen LogP) is -0.828. The molecule has 1 aromatic carbocycles. The van der Waals surface area contributed by atoms with E-state index in [1.807, 2.05) is 30.3 Å². The Kier molecular flexibility index (Phi) is 6.48. The largest absolute Gasteiger partial charge is 1.00 e. The van der Waals surface area contributed by atoms with Crippen molar-refractivity contribution >= 4 is 29.0 Å². The summed E-state index contributed by atoms with van der Waals surface area (Å²) >= 11 is 9.58. The second-order valence-electron chi connectivity index (χ2n) is 2.29. The van der Waals surface area contributed by atoms with Gasteiger partial charge in [0.05, 0.1) is 12.0 Å². The summed E-state index contributed by atoms with van der Waals surface area (Å²) in [4.78, 5) is 0. The van der Waals surface area contributed by atoms with Gasteiger partial charge < -0.3 is 24.8 Å². The van der Waals surface area contributed by atoms with Gasteiger partial charge in [-0.3, -0.25) is 0 Å². The minimum absolute atomic E-state index is 0. The summed E-state index contributed by atoms with van der Waals surface area (Å²) in [6, 6.07) is 11.4. The molecule has 0 N–H and O–H groups in total. The van der Waals surface area contributed by atoms with Crippen LogP contribution in [0.4, 0.5) is 0 Å². The molecule has 1 aromatic rings. The van der Waals surface area contributed by atoms with Crippen LogP contribution in [-0.2, 0) is 12.6 Å². The molecule has 1 rings (SSSR count). The van der Waals surface area contributed by atoms with Crippen molar-refractivity contribution < 1.29 is 29.6 Å².